The minimum atomic E-state index is -0.942. The molecule has 0 aliphatic heterocycles. The molecule has 0 bridgehead atoms. The number of aliphatic imine (C=N–C) groups is 2. The number of hydrogen-bond acceptors (Lipinski definition) is 7. The van der Waals surface area contributed by atoms with Gasteiger partial charge in [-0.05, 0) is 38.0 Å². The molecule has 202 valence electrons. The predicted molar refractivity (Wildman–Crippen MR) is 134 cm³/mol. The Morgan fingerprint density at radius 3 is 1.57 bits per heavy atom. The number of amides is 3. The molecule has 15 heteroatoms. The first-order chi connectivity index (χ1) is 16.2. The fourth-order valence-electron chi connectivity index (χ4n) is 2.73. The fraction of sp³-hybridized carbons (Fsp3) is 0.700. The summed E-state index contributed by atoms with van der Waals surface area (Å²) in [6.45, 7) is 5.52. The summed E-state index contributed by atoms with van der Waals surface area (Å²) < 4.78 is 0. The van der Waals surface area contributed by atoms with Crippen LogP contribution in [0.5, 0.6) is 0 Å². The Bertz CT molecular complexity index is 730. The number of aliphatic carboxylic acids is 1. The van der Waals surface area contributed by atoms with Gasteiger partial charge in [0.05, 0.1) is 6.04 Å². The molecule has 0 spiro atoms. The Morgan fingerprint density at radius 2 is 1.20 bits per heavy atom. The SMILES string of the molecule is CC(=O)O.CC(C)C[C@H](N)C(=O)N[C@@H](CCCN=C(N)N)C(=O)N[C@@H](CCCN=C(N)N)C(N)=O. The summed E-state index contributed by atoms with van der Waals surface area (Å²) in [4.78, 5) is 53.6. The normalized spacial score (nSPS) is 12.7. The number of carboxylic acid groups (broad SMARTS) is 1. The van der Waals surface area contributed by atoms with Crippen molar-refractivity contribution in [1.29, 1.82) is 0 Å². The predicted octanol–water partition coefficient (Wildman–Crippen LogP) is -2.99. The third kappa shape index (κ3) is 20.7. The van der Waals surface area contributed by atoms with Crippen molar-refractivity contribution >= 4 is 35.6 Å². The average molecular weight is 503 g/mol. The number of carboxylic acids is 1. The van der Waals surface area contributed by atoms with Crippen molar-refractivity contribution in [1.82, 2.24) is 10.6 Å². The maximum absolute atomic E-state index is 12.8. The molecular formula is C20H42N10O5. The van der Waals surface area contributed by atoms with Crippen LogP contribution in [0.1, 0.15) is 52.9 Å². The summed E-state index contributed by atoms with van der Waals surface area (Å²) in [6, 6.07) is -2.64. The average Bonchev–Trinajstić information content (AvgIpc) is 2.70. The van der Waals surface area contributed by atoms with E-state index in [1.807, 2.05) is 13.8 Å². The first kappa shape index (κ1) is 33.6. The molecule has 0 aromatic rings. The van der Waals surface area contributed by atoms with E-state index in [0.717, 1.165) is 6.92 Å². The first-order valence-corrected chi connectivity index (χ1v) is 11.1. The van der Waals surface area contributed by atoms with Crippen LogP contribution in [-0.2, 0) is 19.2 Å². The molecule has 15 N–H and O–H groups in total. The van der Waals surface area contributed by atoms with Gasteiger partial charge in [0.1, 0.15) is 12.1 Å². The zero-order chi connectivity index (χ0) is 27.6. The van der Waals surface area contributed by atoms with E-state index in [-0.39, 0.29) is 43.8 Å². The van der Waals surface area contributed by atoms with Crippen LogP contribution in [0, 0.1) is 5.92 Å². The zero-order valence-electron chi connectivity index (χ0n) is 20.7. The second-order valence-electron chi connectivity index (χ2n) is 8.18. The van der Waals surface area contributed by atoms with Crippen LogP contribution in [0.2, 0.25) is 0 Å². The van der Waals surface area contributed by atoms with Crippen molar-refractivity contribution in [3.8, 4) is 0 Å². The van der Waals surface area contributed by atoms with E-state index in [2.05, 4.69) is 20.6 Å². The number of carbonyl (C=O) groups excluding carboxylic acids is 3. The Labute approximate surface area is 205 Å². The third-order valence-electron chi connectivity index (χ3n) is 4.25. The van der Waals surface area contributed by atoms with Gasteiger partial charge in [-0.15, -0.1) is 0 Å². The molecule has 0 aliphatic carbocycles. The van der Waals surface area contributed by atoms with E-state index in [1.54, 1.807) is 0 Å². The topological polar surface area (TPSA) is 293 Å². The van der Waals surface area contributed by atoms with Crippen LogP contribution >= 0.6 is 0 Å². The van der Waals surface area contributed by atoms with Crippen molar-refractivity contribution in [2.24, 2.45) is 50.3 Å². The Kier molecular flexibility index (Phi) is 18.0. The van der Waals surface area contributed by atoms with Gasteiger partial charge in [0, 0.05) is 20.0 Å². The number of carbonyl (C=O) groups is 4. The lowest BCUT2D eigenvalue weighted by Gasteiger charge is -2.23. The van der Waals surface area contributed by atoms with Crippen molar-refractivity contribution in [2.75, 3.05) is 13.1 Å². The van der Waals surface area contributed by atoms with E-state index in [0.29, 0.717) is 19.3 Å². The van der Waals surface area contributed by atoms with Crippen LogP contribution in [0.4, 0.5) is 0 Å². The maximum Gasteiger partial charge on any atom is 0.300 e. The zero-order valence-corrected chi connectivity index (χ0v) is 20.7. The lowest BCUT2D eigenvalue weighted by molar-refractivity contribution is -0.134. The van der Waals surface area contributed by atoms with Gasteiger partial charge >= 0.3 is 0 Å². The smallest absolute Gasteiger partial charge is 0.300 e. The summed E-state index contributed by atoms with van der Waals surface area (Å²) >= 11 is 0. The Balaban J connectivity index is 0. The minimum Gasteiger partial charge on any atom is -0.481 e. The molecule has 0 rings (SSSR count). The molecule has 0 saturated heterocycles. The second-order valence-corrected chi connectivity index (χ2v) is 8.18. The molecule has 15 nitrogen and oxygen atoms in total. The third-order valence-corrected chi connectivity index (χ3v) is 4.25. The van der Waals surface area contributed by atoms with Crippen LogP contribution < -0.4 is 45.0 Å². The van der Waals surface area contributed by atoms with Crippen LogP contribution in [0.3, 0.4) is 0 Å². The molecule has 0 unspecified atom stereocenters. The number of nitrogens with two attached hydrogens (primary N) is 6. The summed E-state index contributed by atoms with van der Waals surface area (Å²) in [6.07, 6.45) is 1.78. The largest absolute Gasteiger partial charge is 0.481 e. The van der Waals surface area contributed by atoms with Crippen LogP contribution in [0.25, 0.3) is 0 Å². The lowest BCUT2D eigenvalue weighted by Crippen LogP contribution is -2.55. The molecule has 0 radical (unpaired) electrons. The number of nitrogens with one attached hydrogen (secondary N) is 2. The highest BCUT2D eigenvalue weighted by atomic mass is 16.4. The summed E-state index contributed by atoms with van der Waals surface area (Å²) in [5.74, 6) is -2.49. The molecule has 35 heavy (non-hydrogen) atoms. The molecule has 3 amide bonds. The van der Waals surface area contributed by atoms with Gasteiger partial charge in [0.2, 0.25) is 17.7 Å². The van der Waals surface area contributed by atoms with E-state index in [4.69, 9.17) is 44.3 Å². The summed E-state index contributed by atoms with van der Waals surface area (Å²) in [5.41, 5.74) is 32.4. The van der Waals surface area contributed by atoms with E-state index >= 15 is 0 Å². The van der Waals surface area contributed by atoms with Gasteiger partial charge in [-0.3, -0.25) is 29.2 Å². The van der Waals surface area contributed by atoms with Gasteiger partial charge in [0.15, 0.2) is 11.9 Å². The molecule has 0 aromatic carbocycles. The highest BCUT2D eigenvalue weighted by Gasteiger charge is 2.27. The molecule has 0 heterocycles. The van der Waals surface area contributed by atoms with Gasteiger partial charge in [-0.1, -0.05) is 13.8 Å². The molecule has 0 aromatic heterocycles. The lowest BCUT2D eigenvalue weighted by atomic mass is 10.0. The Hall–Kier alpha value is -3.62. The number of nitrogens with zero attached hydrogens (tertiary/aromatic N) is 2. The van der Waals surface area contributed by atoms with Crippen molar-refractivity contribution in [3.05, 3.63) is 0 Å². The highest BCUT2D eigenvalue weighted by molar-refractivity contribution is 5.92. The molecular weight excluding hydrogens is 460 g/mol. The van der Waals surface area contributed by atoms with Crippen molar-refractivity contribution in [2.45, 2.75) is 71.0 Å². The van der Waals surface area contributed by atoms with Gasteiger partial charge < -0.3 is 50.1 Å². The van der Waals surface area contributed by atoms with Gasteiger partial charge in [-0.2, -0.15) is 0 Å². The van der Waals surface area contributed by atoms with E-state index in [9.17, 15) is 14.4 Å². The standard InChI is InChI=1S/C18H38N10O3.C2H4O2/c1-10(2)9-11(19)15(30)28-13(6-4-8-26-18(23)24)16(31)27-12(14(20)29)5-3-7-25-17(21)22;1-2(3)4/h10-13H,3-9,19H2,1-2H3,(H2,20,29)(H,27,31)(H,28,30)(H4,21,22,25)(H4,23,24,26);1H3,(H,3,4)/t11-,12-,13-;/m0./s1. The van der Waals surface area contributed by atoms with Crippen molar-refractivity contribution < 1.29 is 24.3 Å². The molecule has 0 fully saturated rings. The number of hydrogen-bond donors (Lipinski definition) is 9. The number of guanidine groups is 2. The highest BCUT2D eigenvalue weighted by Crippen LogP contribution is 2.06. The monoisotopic (exact) mass is 502 g/mol. The second kappa shape index (κ2) is 18.8. The minimum absolute atomic E-state index is 0.0686. The quantitative estimate of drug-likeness (QED) is 0.0621. The molecule has 3 atom stereocenters. The number of primary amides is 1. The van der Waals surface area contributed by atoms with Gasteiger partial charge in [-0.25, -0.2) is 0 Å². The number of rotatable bonds is 15. The first-order valence-electron chi connectivity index (χ1n) is 11.1. The van der Waals surface area contributed by atoms with E-state index < -0.39 is 41.8 Å². The van der Waals surface area contributed by atoms with Crippen molar-refractivity contribution in [3.63, 3.8) is 0 Å². The Morgan fingerprint density at radius 1 is 0.800 bits per heavy atom. The summed E-state index contributed by atoms with van der Waals surface area (Å²) in [5, 5.41) is 12.6. The van der Waals surface area contributed by atoms with Gasteiger partial charge in [0.25, 0.3) is 5.97 Å². The van der Waals surface area contributed by atoms with Crippen LogP contribution in [-0.4, -0.2) is 71.9 Å². The van der Waals surface area contributed by atoms with Crippen LogP contribution in [0.15, 0.2) is 9.98 Å². The molecule has 0 saturated carbocycles. The maximum atomic E-state index is 12.8. The molecule has 0 aliphatic rings. The fourth-order valence-corrected chi connectivity index (χ4v) is 2.73. The summed E-state index contributed by atoms with van der Waals surface area (Å²) in [7, 11) is 0. The van der Waals surface area contributed by atoms with E-state index in [1.165, 1.54) is 0 Å².